The van der Waals surface area contributed by atoms with Gasteiger partial charge in [-0.2, -0.15) is 0 Å². The Labute approximate surface area is 234 Å². The standard InChI is InChI=1S/C30H36N4O6/c1-30(2,3)40-29(37)31-20-26(28(36)33-38)32-27(35)25-14-12-23(13-15-25)7-5-4-6-22-8-10-24(11-9-22)21-34-16-18-39-19-17-34/h4,6,8-15,26,38H,16-21H2,1-3H3,(H,31,37)(H,32,35)(H,33,36)/p-1/b6-4-/t26-/m0/s1. The Hall–Kier alpha value is -4.17. The van der Waals surface area contributed by atoms with Gasteiger partial charge in [0.15, 0.2) is 0 Å². The lowest BCUT2D eigenvalue weighted by Crippen LogP contribution is -2.48. The molecule has 1 heterocycles. The third kappa shape index (κ3) is 10.5. The van der Waals surface area contributed by atoms with Gasteiger partial charge in [-0.3, -0.25) is 24.7 Å². The Morgan fingerprint density at radius 2 is 1.82 bits per heavy atom. The molecule has 212 valence electrons. The van der Waals surface area contributed by atoms with Gasteiger partial charge in [-0.05, 0) is 47.5 Å². The minimum absolute atomic E-state index is 0.270. The molecular formula is C30H35N4O6-. The molecule has 0 aromatic heterocycles. The van der Waals surface area contributed by atoms with Crippen LogP contribution in [0.15, 0.2) is 59.6 Å². The number of hydroxylamine groups is 1. The zero-order chi connectivity index (χ0) is 29.0. The highest BCUT2D eigenvalue weighted by Crippen LogP contribution is 2.11. The Kier molecular flexibility index (Phi) is 11.3. The van der Waals surface area contributed by atoms with E-state index in [1.807, 2.05) is 6.08 Å². The second-order valence-electron chi connectivity index (χ2n) is 10.1. The van der Waals surface area contributed by atoms with Crippen LogP contribution in [0.4, 0.5) is 0 Å². The molecule has 0 aliphatic carbocycles. The number of morpholine rings is 1. The van der Waals surface area contributed by atoms with Gasteiger partial charge in [0, 0.05) is 36.4 Å². The molecule has 0 spiro atoms. The maximum Gasteiger partial charge on any atom is 0.267 e. The van der Waals surface area contributed by atoms with E-state index in [4.69, 9.17) is 14.7 Å². The van der Waals surface area contributed by atoms with Gasteiger partial charge in [0.25, 0.3) is 11.8 Å². The summed E-state index contributed by atoms with van der Waals surface area (Å²) in [6.07, 6.45) is 2.82. The van der Waals surface area contributed by atoms with Gasteiger partial charge in [0.2, 0.25) is 0 Å². The number of amides is 2. The number of carbonyl (C=O) groups excluding carboxylic acids is 2. The van der Waals surface area contributed by atoms with E-state index >= 15 is 0 Å². The maximum absolute atomic E-state index is 12.6. The van der Waals surface area contributed by atoms with Crippen LogP contribution in [0.3, 0.4) is 0 Å². The van der Waals surface area contributed by atoms with Crippen LogP contribution in [-0.2, 0) is 20.8 Å². The molecule has 0 saturated carbocycles. The fourth-order valence-corrected chi connectivity index (χ4v) is 3.69. The van der Waals surface area contributed by atoms with Gasteiger partial charge in [-0.25, -0.2) is 5.48 Å². The van der Waals surface area contributed by atoms with Crippen LogP contribution in [0.1, 0.15) is 47.8 Å². The third-order valence-corrected chi connectivity index (χ3v) is 5.74. The van der Waals surface area contributed by atoms with Crippen molar-refractivity contribution in [3.05, 3.63) is 76.9 Å². The number of ether oxygens (including phenoxy) is 2. The second-order valence-corrected chi connectivity index (χ2v) is 10.1. The van der Waals surface area contributed by atoms with Crippen LogP contribution in [-0.4, -0.2) is 72.5 Å². The first kappa shape index (κ1) is 30.4. The van der Waals surface area contributed by atoms with Crippen molar-refractivity contribution < 1.29 is 29.4 Å². The summed E-state index contributed by atoms with van der Waals surface area (Å²) in [5, 5.41) is 23.3. The molecule has 3 rings (SSSR count). The summed E-state index contributed by atoms with van der Waals surface area (Å²) in [6, 6.07) is 13.6. The predicted molar refractivity (Wildman–Crippen MR) is 149 cm³/mol. The molecule has 0 radical (unpaired) electrons. The number of rotatable bonds is 8. The van der Waals surface area contributed by atoms with E-state index in [-0.39, 0.29) is 5.56 Å². The summed E-state index contributed by atoms with van der Waals surface area (Å²) in [6.45, 7) is 9.02. The highest BCUT2D eigenvalue weighted by atomic mass is 16.6. The molecule has 0 unspecified atom stereocenters. The lowest BCUT2D eigenvalue weighted by molar-refractivity contribution is -0.260. The van der Waals surface area contributed by atoms with E-state index in [1.54, 1.807) is 51.1 Å². The first-order chi connectivity index (χ1) is 19.1. The molecule has 2 aromatic carbocycles. The number of hydrogen-bond acceptors (Lipinski definition) is 8. The number of allylic oxidation sites excluding steroid dienone is 1. The van der Waals surface area contributed by atoms with Crippen LogP contribution in [0, 0.1) is 11.8 Å². The molecule has 3 N–H and O–H groups in total. The maximum atomic E-state index is 12.6. The fraction of sp³-hybridized carbons (Fsp3) is 0.367. The normalized spacial score (nSPS) is 15.2. The molecule has 0 bridgehead atoms. The van der Waals surface area contributed by atoms with Crippen molar-refractivity contribution in [2.45, 2.75) is 39.0 Å². The topological polar surface area (TPSA) is 136 Å². The first-order valence-electron chi connectivity index (χ1n) is 13.0. The van der Waals surface area contributed by atoms with Crippen molar-refractivity contribution in [1.29, 1.82) is 0 Å². The zero-order valence-electron chi connectivity index (χ0n) is 23.0. The number of aliphatic imine (C=N–C) groups is 1. The van der Waals surface area contributed by atoms with Crippen LogP contribution in [0.2, 0.25) is 0 Å². The Balaban J connectivity index is 1.53. The highest BCUT2D eigenvalue weighted by Gasteiger charge is 2.21. The van der Waals surface area contributed by atoms with Crippen LogP contribution < -0.4 is 15.9 Å². The molecule has 1 aliphatic heterocycles. The van der Waals surface area contributed by atoms with Gasteiger partial charge in [0.1, 0.15) is 12.1 Å². The molecule has 1 saturated heterocycles. The number of nitrogens with zero attached hydrogens (tertiary/aromatic N) is 2. The van der Waals surface area contributed by atoms with Gasteiger partial charge < -0.3 is 19.9 Å². The molecule has 10 heteroatoms. The number of hydrogen-bond donors (Lipinski definition) is 3. The minimum Gasteiger partial charge on any atom is -0.595 e. The summed E-state index contributed by atoms with van der Waals surface area (Å²) in [5.74, 6) is 4.51. The first-order valence-corrected chi connectivity index (χ1v) is 13.0. The quantitative estimate of drug-likeness (QED) is 0.151. The van der Waals surface area contributed by atoms with Crippen LogP contribution >= 0.6 is 0 Å². The molecule has 2 amide bonds. The van der Waals surface area contributed by atoms with E-state index in [1.165, 1.54) is 11.0 Å². The molecule has 1 aliphatic rings. The number of benzene rings is 2. The average Bonchev–Trinajstić information content (AvgIpc) is 2.93. The Bertz CT molecular complexity index is 1250. The van der Waals surface area contributed by atoms with Gasteiger partial charge >= 0.3 is 0 Å². The smallest absolute Gasteiger partial charge is 0.267 e. The largest absolute Gasteiger partial charge is 0.595 e. The summed E-state index contributed by atoms with van der Waals surface area (Å²) in [4.78, 5) is 30.6. The fourth-order valence-electron chi connectivity index (χ4n) is 3.69. The number of carbonyl (C=O) groups is 2. The van der Waals surface area contributed by atoms with Crippen LogP contribution in [0.5, 0.6) is 0 Å². The van der Waals surface area contributed by atoms with Crippen LogP contribution in [0.25, 0.3) is 6.08 Å². The SMILES string of the molecule is CC(C)(C)OC([O-])=NC[C@H](NC(=O)c1ccc(C#C/C=C\c2ccc(CN3CCOCC3)cc2)cc1)C(=O)NO. The van der Waals surface area contributed by atoms with E-state index < -0.39 is 36.1 Å². The minimum atomic E-state index is -1.27. The molecule has 10 nitrogen and oxygen atoms in total. The Morgan fingerprint density at radius 3 is 2.45 bits per heavy atom. The molecular weight excluding hydrogens is 512 g/mol. The summed E-state index contributed by atoms with van der Waals surface area (Å²) in [5.41, 5.74) is 3.99. The molecule has 1 fully saturated rings. The predicted octanol–water partition coefficient (Wildman–Crippen LogP) is 1.72. The van der Waals surface area contributed by atoms with Crippen molar-refractivity contribution >= 4 is 24.0 Å². The second kappa shape index (κ2) is 14.8. The van der Waals surface area contributed by atoms with Crippen molar-refractivity contribution in [1.82, 2.24) is 15.7 Å². The van der Waals surface area contributed by atoms with Gasteiger partial charge in [0.05, 0.1) is 19.8 Å². The summed E-state index contributed by atoms with van der Waals surface area (Å²) in [7, 11) is 0. The van der Waals surface area contributed by atoms with E-state index in [0.29, 0.717) is 5.56 Å². The molecule has 40 heavy (non-hydrogen) atoms. The van der Waals surface area contributed by atoms with Crippen molar-refractivity contribution in [3.8, 4) is 11.8 Å². The van der Waals surface area contributed by atoms with Crippen molar-refractivity contribution in [2.75, 3.05) is 32.8 Å². The highest BCUT2D eigenvalue weighted by molar-refractivity contribution is 5.97. The van der Waals surface area contributed by atoms with Gasteiger partial charge in [-0.15, -0.1) is 0 Å². The lowest BCUT2D eigenvalue weighted by atomic mass is 10.1. The zero-order valence-corrected chi connectivity index (χ0v) is 23.0. The molecule has 2 aromatic rings. The Morgan fingerprint density at radius 1 is 1.15 bits per heavy atom. The van der Waals surface area contributed by atoms with Gasteiger partial charge in [-0.1, -0.05) is 56.9 Å². The van der Waals surface area contributed by atoms with E-state index in [2.05, 4.69) is 51.3 Å². The average molecular weight is 548 g/mol. The number of nitrogens with one attached hydrogen (secondary N) is 2. The third-order valence-electron chi connectivity index (χ3n) is 5.74. The lowest BCUT2D eigenvalue weighted by Gasteiger charge is -2.29. The van der Waals surface area contributed by atoms with Crippen molar-refractivity contribution in [2.24, 2.45) is 4.99 Å². The summed E-state index contributed by atoms with van der Waals surface area (Å²) >= 11 is 0. The monoisotopic (exact) mass is 547 g/mol. The van der Waals surface area contributed by atoms with E-state index in [9.17, 15) is 14.7 Å². The molecule has 1 atom stereocenters. The summed E-state index contributed by atoms with van der Waals surface area (Å²) < 4.78 is 10.5. The van der Waals surface area contributed by atoms with E-state index in [0.717, 1.165) is 38.4 Å². The van der Waals surface area contributed by atoms with Crippen molar-refractivity contribution in [3.63, 3.8) is 0 Å².